The molecule has 2 aromatic carbocycles. The number of hydrogen-bond acceptors (Lipinski definition) is 1. The zero-order valence-electron chi connectivity index (χ0n) is 10.7. The van der Waals surface area contributed by atoms with Crippen LogP contribution >= 0.6 is 54.5 Å². The van der Waals surface area contributed by atoms with Crippen LogP contribution in [0.4, 0.5) is 0 Å². The van der Waals surface area contributed by atoms with Gasteiger partial charge in [-0.1, -0.05) is 44.0 Å². The topological polar surface area (TPSA) is 29.1 Å². The number of rotatable bonds is 3. The van der Waals surface area contributed by atoms with E-state index in [2.05, 4.69) is 59.8 Å². The summed E-state index contributed by atoms with van der Waals surface area (Å²) in [6, 6.07) is 13.6. The van der Waals surface area contributed by atoms with Gasteiger partial charge in [-0.05, 0) is 65.4 Å². The van der Waals surface area contributed by atoms with Gasteiger partial charge >= 0.3 is 0 Å². The lowest BCUT2D eigenvalue weighted by Crippen LogP contribution is -2.27. The lowest BCUT2D eigenvalue weighted by molar-refractivity contribution is 0.0939. The highest BCUT2D eigenvalue weighted by atomic mass is 127. The van der Waals surface area contributed by atoms with Crippen molar-refractivity contribution in [3.63, 3.8) is 0 Å². The molecule has 0 saturated carbocycles. The Bertz CT molecular complexity index is 646. The van der Waals surface area contributed by atoms with Crippen LogP contribution in [-0.2, 0) is 0 Å². The highest BCUT2D eigenvalue weighted by molar-refractivity contribution is 14.1. The predicted molar refractivity (Wildman–Crippen MR) is 96.9 cm³/mol. The monoisotopic (exact) mass is 507 g/mol. The second kappa shape index (κ2) is 7.04. The zero-order valence-corrected chi connectivity index (χ0v) is 16.0. The molecular weight excluding hydrogens is 497 g/mol. The fraction of sp³-hybridized carbons (Fsp3) is 0.133. The molecule has 1 unspecified atom stereocenters. The Labute approximate surface area is 148 Å². The molecule has 104 valence electrons. The van der Waals surface area contributed by atoms with E-state index in [-0.39, 0.29) is 11.9 Å². The van der Waals surface area contributed by atoms with Gasteiger partial charge in [-0.2, -0.15) is 0 Å². The van der Waals surface area contributed by atoms with E-state index in [0.717, 1.165) is 18.1 Å². The van der Waals surface area contributed by atoms with Crippen molar-refractivity contribution in [1.82, 2.24) is 5.32 Å². The van der Waals surface area contributed by atoms with Crippen molar-refractivity contribution in [2.75, 3.05) is 0 Å². The van der Waals surface area contributed by atoms with Gasteiger partial charge in [-0.15, -0.1) is 0 Å². The van der Waals surface area contributed by atoms with Crippen LogP contribution in [0.25, 0.3) is 0 Å². The number of carbonyl (C=O) groups is 1. The molecule has 0 aliphatic heterocycles. The van der Waals surface area contributed by atoms with Crippen molar-refractivity contribution >= 4 is 60.4 Å². The molecule has 20 heavy (non-hydrogen) atoms. The summed E-state index contributed by atoms with van der Waals surface area (Å²) in [5.74, 6) is -0.0665. The molecule has 0 heterocycles. The summed E-state index contributed by atoms with van der Waals surface area (Å²) >= 11 is 9.01. The minimum Gasteiger partial charge on any atom is -0.345 e. The highest BCUT2D eigenvalue weighted by Gasteiger charge is 2.14. The molecule has 0 radical (unpaired) electrons. The van der Waals surface area contributed by atoms with E-state index in [4.69, 9.17) is 0 Å². The van der Waals surface area contributed by atoms with Crippen molar-refractivity contribution in [1.29, 1.82) is 0 Å². The molecule has 2 nitrogen and oxygen atoms in total. The smallest absolute Gasteiger partial charge is 0.252 e. The van der Waals surface area contributed by atoms with Gasteiger partial charge in [0.1, 0.15) is 0 Å². The van der Waals surface area contributed by atoms with Gasteiger partial charge in [-0.25, -0.2) is 0 Å². The van der Waals surface area contributed by atoms with Crippen LogP contribution < -0.4 is 5.32 Å². The third kappa shape index (κ3) is 4.05. The standard InChI is InChI=1S/C15H12Br2INO/c1-9(10-3-2-4-11(16)7-10)19-15(20)13-8-12(17)5-6-14(13)18/h2-9H,1H3,(H,19,20). The lowest BCUT2D eigenvalue weighted by atomic mass is 10.1. The first kappa shape index (κ1) is 16.0. The summed E-state index contributed by atoms with van der Waals surface area (Å²) < 4.78 is 2.84. The third-order valence-electron chi connectivity index (χ3n) is 2.87. The molecule has 0 saturated heterocycles. The average Bonchev–Trinajstić information content (AvgIpc) is 2.41. The average molecular weight is 509 g/mol. The molecule has 0 aliphatic rings. The number of hydrogen-bond donors (Lipinski definition) is 1. The Morgan fingerprint density at radius 3 is 2.55 bits per heavy atom. The maximum absolute atomic E-state index is 12.3. The maximum Gasteiger partial charge on any atom is 0.252 e. The summed E-state index contributed by atoms with van der Waals surface area (Å²) in [5, 5.41) is 3.02. The largest absolute Gasteiger partial charge is 0.345 e. The molecule has 1 amide bonds. The van der Waals surface area contributed by atoms with Gasteiger partial charge < -0.3 is 5.32 Å². The number of amides is 1. The van der Waals surface area contributed by atoms with E-state index in [9.17, 15) is 4.79 Å². The van der Waals surface area contributed by atoms with Gasteiger partial charge in [0.15, 0.2) is 0 Å². The van der Waals surface area contributed by atoms with E-state index in [1.54, 1.807) is 0 Å². The van der Waals surface area contributed by atoms with E-state index < -0.39 is 0 Å². The summed E-state index contributed by atoms with van der Waals surface area (Å²) in [6.45, 7) is 1.98. The molecule has 0 bridgehead atoms. The van der Waals surface area contributed by atoms with E-state index in [1.807, 2.05) is 49.4 Å². The number of halogens is 3. The summed E-state index contributed by atoms with van der Waals surface area (Å²) in [4.78, 5) is 12.3. The minimum atomic E-state index is -0.0665. The highest BCUT2D eigenvalue weighted by Crippen LogP contribution is 2.21. The SMILES string of the molecule is CC(NC(=O)c1cc(Br)ccc1I)c1cccc(Br)c1. The van der Waals surface area contributed by atoms with Crippen molar-refractivity contribution < 1.29 is 4.79 Å². The zero-order chi connectivity index (χ0) is 14.7. The number of benzene rings is 2. The van der Waals surface area contributed by atoms with Crippen LogP contribution in [0.2, 0.25) is 0 Å². The molecule has 0 fully saturated rings. The Morgan fingerprint density at radius 1 is 1.15 bits per heavy atom. The Hall–Kier alpha value is -0.400. The van der Waals surface area contributed by atoms with E-state index in [1.165, 1.54) is 0 Å². The Balaban J connectivity index is 2.17. The fourth-order valence-corrected chi connectivity index (χ4v) is 3.16. The van der Waals surface area contributed by atoms with Crippen molar-refractivity contribution in [3.8, 4) is 0 Å². The van der Waals surface area contributed by atoms with Crippen LogP contribution in [0.3, 0.4) is 0 Å². The first-order chi connectivity index (χ1) is 9.47. The molecule has 0 spiro atoms. The molecule has 2 aromatic rings. The fourth-order valence-electron chi connectivity index (χ4n) is 1.81. The number of nitrogens with one attached hydrogen (secondary N) is 1. The second-order valence-corrected chi connectivity index (χ2v) is 7.37. The van der Waals surface area contributed by atoms with Gasteiger partial charge in [0.05, 0.1) is 11.6 Å². The normalized spacial score (nSPS) is 12.0. The summed E-state index contributed by atoms with van der Waals surface area (Å²) in [7, 11) is 0. The van der Waals surface area contributed by atoms with Gasteiger partial charge in [0, 0.05) is 12.5 Å². The molecule has 1 atom stereocenters. The van der Waals surface area contributed by atoms with E-state index >= 15 is 0 Å². The van der Waals surface area contributed by atoms with Crippen LogP contribution in [0.1, 0.15) is 28.9 Å². The lowest BCUT2D eigenvalue weighted by Gasteiger charge is -2.15. The van der Waals surface area contributed by atoms with Gasteiger partial charge in [0.2, 0.25) is 0 Å². The summed E-state index contributed by atoms with van der Waals surface area (Å²) in [5.41, 5.74) is 1.75. The molecular formula is C15H12Br2INO. The van der Waals surface area contributed by atoms with Crippen LogP contribution in [0, 0.1) is 3.57 Å². The molecule has 2 rings (SSSR count). The van der Waals surface area contributed by atoms with Crippen LogP contribution in [0.15, 0.2) is 51.4 Å². The van der Waals surface area contributed by atoms with Crippen LogP contribution in [-0.4, -0.2) is 5.91 Å². The first-order valence-electron chi connectivity index (χ1n) is 5.99. The van der Waals surface area contributed by atoms with Gasteiger partial charge in [-0.3, -0.25) is 4.79 Å². The second-order valence-electron chi connectivity index (χ2n) is 4.37. The quantitative estimate of drug-likeness (QED) is 0.560. The molecule has 1 N–H and O–H groups in total. The van der Waals surface area contributed by atoms with Crippen molar-refractivity contribution in [2.45, 2.75) is 13.0 Å². The van der Waals surface area contributed by atoms with Crippen molar-refractivity contribution in [3.05, 3.63) is 66.1 Å². The van der Waals surface area contributed by atoms with Gasteiger partial charge in [0.25, 0.3) is 5.91 Å². The number of carbonyl (C=O) groups excluding carboxylic acids is 1. The first-order valence-corrected chi connectivity index (χ1v) is 8.65. The minimum absolute atomic E-state index is 0.0465. The predicted octanol–water partition coefficient (Wildman–Crippen LogP) is 5.31. The third-order valence-corrected chi connectivity index (χ3v) is 4.80. The molecule has 0 aromatic heterocycles. The Kier molecular flexibility index (Phi) is 5.63. The molecule has 5 heteroatoms. The van der Waals surface area contributed by atoms with Crippen molar-refractivity contribution in [2.24, 2.45) is 0 Å². The summed E-state index contributed by atoms with van der Waals surface area (Å²) in [6.07, 6.45) is 0. The molecule has 0 aliphatic carbocycles. The maximum atomic E-state index is 12.3. The van der Waals surface area contributed by atoms with E-state index in [0.29, 0.717) is 5.56 Å². The Morgan fingerprint density at radius 2 is 1.85 bits per heavy atom. The van der Waals surface area contributed by atoms with Crippen LogP contribution in [0.5, 0.6) is 0 Å².